The van der Waals surface area contributed by atoms with E-state index in [0.717, 1.165) is 36.4 Å². The molecule has 4 aromatic carbocycles. The molecule has 1 atom stereocenters. The lowest BCUT2D eigenvalue weighted by atomic mass is 9.90. The lowest BCUT2D eigenvalue weighted by Crippen LogP contribution is -2.22. The van der Waals surface area contributed by atoms with Crippen LogP contribution in [0.5, 0.6) is 0 Å². The van der Waals surface area contributed by atoms with Gasteiger partial charge in [-0.25, -0.2) is 12.8 Å². The number of aliphatic imine (C=N–C) groups is 1. The zero-order valence-corrected chi connectivity index (χ0v) is 25.1. The summed E-state index contributed by atoms with van der Waals surface area (Å²) in [6.07, 6.45) is 0. The van der Waals surface area contributed by atoms with Gasteiger partial charge >= 0.3 is 0 Å². The smallest absolute Gasteiger partial charge is 0.295 e. The molecule has 0 radical (unpaired) electrons. The van der Waals surface area contributed by atoms with Crippen LogP contribution in [-0.4, -0.2) is 52.0 Å². The van der Waals surface area contributed by atoms with E-state index in [2.05, 4.69) is 27.4 Å². The summed E-state index contributed by atoms with van der Waals surface area (Å²) in [6.45, 7) is 0.754. The van der Waals surface area contributed by atoms with Gasteiger partial charge in [0.2, 0.25) is 15.7 Å². The van der Waals surface area contributed by atoms with E-state index in [1.54, 1.807) is 0 Å². The van der Waals surface area contributed by atoms with Gasteiger partial charge in [0.1, 0.15) is 11.7 Å². The highest BCUT2D eigenvalue weighted by Crippen LogP contribution is 2.40. The van der Waals surface area contributed by atoms with E-state index in [0.29, 0.717) is 28.2 Å². The fourth-order valence-electron chi connectivity index (χ4n) is 4.89. The summed E-state index contributed by atoms with van der Waals surface area (Å²) in [5.41, 5.74) is 3.57. The Morgan fingerprint density at radius 1 is 1.00 bits per heavy atom. The number of benzene rings is 4. The quantitative estimate of drug-likeness (QED) is 0.180. The predicted molar refractivity (Wildman–Crippen MR) is 167 cm³/mol. The molecule has 2 N–H and O–H groups in total. The Kier molecular flexibility index (Phi) is 8.71. The van der Waals surface area contributed by atoms with Crippen molar-refractivity contribution >= 4 is 38.7 Å². The van der Waals surface area contributed by atoms with Crippen molar-refractivity contribution in [3.8, 4) is 11.8 Å². The van der Waals surface area contributed by atoms with E-state index in [9.17, 15) is 22.4 Å². The molecule has 1 aliphatic heterocycles. The van der Waals surface area contributed by atoms with Gasteiger partial charge in [-0.05, 0) is 79.3 Å². The number of halogens is 1. The molecule has 0 saturated heterocycles. The lowest BCUT2D eigenvalue weighted by Gasteiger charge is -2.16. The number of nitrogens with one attached hydrogen (secondary N) is 2. The molecule has 0 fully saturated rings. The lowest BCUT2D eigenvalue weighted by molar-refractivity contribution is -0.116. The van der Waals surface area contributed by atoms with Crippen molar-refractivity contribution in [3.63, 3.8) is 0 Å². The summed E-state index contributed by atoms with van der Waals surface area (Å²) in [5, 5.41) is 5.22. The third kappa shape index (κ3) is 6.44. The molecule has 5 rings (SSSR count). The van der Waals surface area contributed by atoms with Crippen molar-refractivity contribution in [2.45, 2.75) is 22.3 Å². The van der Waals surface area contributed by atoms with Crippen LogP contribution in [0.3, 0.4) is 0 Å². The van der Waals surface area contributed by atoms with Crippen LogP contribution in [0.1, 0.15) is 28.2 Å². The van der Waals surface area contributed by atoms with Crippen molar-refractivity contribution in [1.82, 2.24) is 10.2 Å². The Morgan fingerprint density at radius 3 is 2.32 bits per heavy atom. The van der Waals surface area contributed by atoms with Gasteiger partial charge in [-0.2, -0.15) is 0 Å². The average molecular weight is 609 g/mol. The largest absolute Gasteiger partial charge is 0.348 e. The number of carbonyl (C=O) groups is 2. The number of hydrogen-bond acceptors (Lipinski definition) is 6. The van der Waals surface area contributed by atoms with Gasteiger partial charge in [-0.3, -0.25) is 14.6 Å². The zero-order chi connectivity index (χ0) is 31.4. The number of anilines is 1. The van der Waals surface area contributed by atoms with Crippen molar-refractivity contribution < 1.29 is 22.4 Å². The van der Waals surface area contributed by atoms with Crippen molar-refractivity contribution in [2.24, 2.45) is 4.99 Å². The van der Waals surface area contributed by atoms with Gasteiger partial charge in [0.05, 0.1) is 21.2 Å². The van der Waals surface area contributed by atoms with Gasteiger partial charge in [-0.15, -0.1) is 0 Å². The Hall–Kier alpha value is -5.11. The first-order valence-corrected chi connectivity index (χ1v) is 15.2. The molecule has 1 heterocycles. The number of amides is 2. The minimum Gasteiger partial charge on any atom is -0.348 e. The maximum Gasteiger partial charge on any atom is 0.295 e. The molecule has 1 aliphatic rings. The van der Waals surface area contributed by atoms with Gasteiger partial charge < -0.3 is 15.5 Å². The normalized spacial score (nSPS) is 14.4. The van der Waals surface area contributed by atoms with Gasteiger partial charge in [-0.1, -0.05) is 48.4 Å². The van der Waals surface area contributed by atoms with Crippen LogP contribution in [0.15, 0.2) is 106 Å². The molecule has 0 aromatic heterocycles. The molecule has 4 aromatic rings. The van der Waals surface area contributed by atoms with Crippen LogP contribution < -0.4 is 10.6 Å². The molecule has 0 aliphatic carbocycles. The van der Waals surface area contributed by atoms with Crippen molar-refractivity contribution in [2.75, 3.05) is 26.5 Å². The van der Waals surface area contributed by atoms with E-state index < -0.39 is 33.4 Å². The first-order valence-electron chi connectivity index (χ1n) is 13.7. The first kappa shape index (κ1) is 30.4. The number of nitrogens with zero attached hydrogens (tertiary/aromatic N) is 2. The van der Waals surface area contributed by atoms with Crippen LogP contribution in [0.2, 0.25) is 0 Å². The molecule has 222 valence electrons. The highest BCUT2D eigenvalue weighted by Gasteiger charge is 2.38. The highest BCUT2D eigenvalue weighted by molar-refractivity contribution is 7.91. The third-order valence-corrected chi connectivity index (χ3v) is 8.77. The molecule has 10 heteroatoms. The Bertz CT molecular complexity index is 1930. The Balaban J connectivity index is 1.69. The number of carbonyl (C=O) groups excluding carboxylic acids is 2. The predicted octanol–water partition coefficient (Wildman–Crippen LogP) is 4.67. The summed E-state index contributed by atoms with van der Waals surface area (Å²) in [7, 11) is 1.12. The average Bonchev–Trinajstić information content (AvgIpc) is 3.33. The molecule has 2 amide bonds. The number of fused-ring (bicyclic) bond motifs is 1. The van der Waals surface area contributed by atoms with E-state index >= 15 is 0 Å². The molecule has 44 heavy (non-hydrogen) atoms. The van der Waals surface area contributed by atoms with Crippen molar-refractivity contribution in [3.05, 3.63) is 119 Å². The summed E-state index contributed by atoms with van der Waals surface area (Å²) in [5.74, 6) is 2.43. The van der Waals surface area contributed by atoms with Crippen molar-refractivity contribution in [1.29, 1.82) is 0 Å². The van der Waals surface area contributed by atoms with E-state index in [1.165, 1.54) is 19.2 Å². The summed E-state index contributed by atoms with van der Waals surface area (Å²) < 4.78 is 41.4. The van der Waals surface area contributed by atoms with Crippen LogP contribution in [-0.2, 0) is 26.0 Å². The van der Waals surface area contributed by atoms with E-state index in [1.807, 2.05) is 68.7 Å². The molecule has 0 bridgehead atoms. The number of sulfone groups is 1. The first-order chi connectivity index (χ1) is 21.1. The zero-order valence-electron chi connectivity index (χ0n) is 24.3. The minimum atomic E-state index is -4.25. The Labute approximate surface area is 255 Å². The Morgan fingerprint density at radius 2 is 1.68 bits per heavy atom. The standard InChI is InChI=1S/C34H29FN4O4S/c1-36-31(40)18-11-24-19-29-28(20-30(24)44(42,43)27-16-12-25(35)13-17-27)32(34(41)38-29)33(23-7-5-4-6-8-23)37-26-14-9-22(10-15-26)21-39(2)3/h4-10,12-17,19-20,32H,21H2,1-3H3,(H,36,40)(H,38,41). The summed E-state index contributed by atoms with van der Waals surface area (Å²) >= 11 is 0. The molecule has 0 spiro atoms. The van der Waals surface area contributed by atoms with E-state index in [4.69, 9.17) is 4.99 Å². The number of hydrogen-bond donors (Lipinski definition) is 2. The maximum absolute atomic E-state index is 13.9. The molecule has 0 saturated carbocycles. The van der Waals surface area contributed by atoms with Gasteiger partial charge in [0, 0.05) is 30.8 Å². The van der Waals surface area contributed by atoms with Crippen LogP contribution in [0, 0.1) is 17.7 Å². The second kappa shape index (κ2) is 12.6. The van der Waals surface area contributed by atoms with Gasteiger partial charge in [0.15, 0.2) is 0 Å². The van der Waals surface area contributed by atoms with E-state index in [-0.39, 0.29) is 15.4 Å². The number of rotatable bonds is 7. The SMILES string of the molecule is CNC(=O)C#Cc1cc2c(cc1S(=O)(=O)c1ccc(F)cc1)C(C(=Nc1ccc(CN(C)C)cc1)c1ccccc1)C(=O)N2. The molecule has 1 unspecified atom stereocenters. The van der Waals surface area contributed by atoms with Crippen LogP contribution in [0.4, 0.5) is 15.8 Å². The second-order valence-corrected chi connectivity index (χ2v) is 12.3. The third-order valence-electron chi connectivity index (χ3n) is 6.96. The molecular formula is C34H29FN4O4S. The molecular weight excluding hydrogens is 579 g/mol. The van der Waals surface area contributed by atoms with Crippen LogP contribution >= 0.6 is 0 Å². The highest BCUT2D eigenvalue weighted by atomic mass is 32.2. The van der Waals surface area contributed by atoms with Crippen LogP contribution in [0.25, 0.3) is 0 Å². The fraction of sp³-hybridized carbons (Fsp3) is 0.147. The minimum absolute atomic E-state index is 0.00676. The monoisotopic (exact) mass is 608 g/mol. The van der Waals surface area contributed by atoms with Gasteiger partial charge in [0.25, 0.3) is 5.91 Å². The maximum atomic E-state index is 13.9. The fourth-order valence-corrected chi connectivity index (χ4v) is 6.32. The topological polar surface area (TPSA) is 108 Å². The second-order valence-electron chi connectivity index (χ2n) is 10.4. The molecule has 8 nitrogen and oxygen atoms in total. The summed E-state index contributed by atoms with van der Waals surface area (Å²) in [4.78, 5) is 32.1. The summed E-state index contributed by atoms with van der Waals surface area (Å²) in [6, 6.07) is 24.1.